The van der Waals surface area contributed by atoms with E-state index < -0.39 is 0 Å². The van der Waals surface area contributed by atoms with Crippen molar-refractivity contribution in [2.24, 2.45) is 0 Å². The van der Waals surface area contributed by atoms with Crippen LogP contribution < -0.4 is 0 Å². The molecule has 0 radical (unpaired) electrons. The van der Waals surface area contributed by atoms with Crippen molar-refractivity contribution in [1.29, 1.82) is 0 Å². The van der Waals surface area contributed by atoms with E-state index in [4.69, 9.17) is 0 Å². The number of halogens is 1. The lowest BCUT2D eigenvalue weighted by Gasteiger charge is -2.14. The van der Waals surface area contributed by atoms with Gasteiger partial charge in [-0.15, -0.1) is 0 Å². The summed E-state index contributed by atoms with van der Waals surface area (Å²) < 4.78 is 0.986. The van der Waals surface area contributed by atoms with Crippen LogP contribution >= 0.6 is 15.9 Å². The quantitative estimate of drug-likeness (QED) is 0.758. The zero-order valence-corrected chi connectivity index (χ0v) is 11.5. The smallest absolute Gasteiger partial charge is 0.187 e. The van der Waals surface area contributed by atoms with Gasteiger partial charge < -0.3 is 0 Å². The van der Waals surface area contributed by atoms with Crippen molar-refractivity contribution in [2.45, 2.75) is 6.92 Å². The molecule has 1 nitrogen and oxygen atoms in total. The van der Waals surface area contributed by atoms with Gasteiger partial charge in [0.25, 0.3) is 0 Å². The first-order valence-corrected chi connectivity index (χ1v) is 6.57. The summed E-state index contributed by atoms with van der Waals surface area (Å²) in [5.74, 6) is 0.0752. The highest BCUT2D eigenvalue weighted by Crippen LogP contribution is 2.36. The van der Waals surface area contributed by atoms with Gasteiger partial charge in [-0.2, -0.15) is 0 Å². The predicted molar refractivity (Wildman–Crippen MR) is 77.0 cm³/mol. The molecule has 0 aromatic heterocycles. The molecule has 0 N–H and O–H groups in total. The van der Waals surface area contributed by atoms with Crippen LogP contribution in [-0.4, -0.2) is 5.78 Å². The molecule has 2 aliphatic carbocycles. The Kier molecular flexibility index (Phi) is 2.67. The van der Waals surface area contributed by atoms with Crippen LogP contribution in [0.2, 0.25) is 0 Å². The molecule has 0 unspecified atom stereocenters. The molecule has 0 aliphatic heterocycles. The van der Waals surface area contributed by atoms with E-state index in [2.05, 4.69) is 35.0 Å². The summed E-state index contributed by atoms with van der Waals surface area (Å²) in [7, 11) is 0. The highest BCUT2D eigenvalue weighted by Gasteiger charge is 2.22. The predicted octanol–water partition coefficient (Wildman–Crippen LogP) is 4.23. The summed E-state index contributed by atoms with van der Waals surface area (Å²) in [4.78, 5) is 12.1. The van der Waals surface area contributed by atoms with Crippen molar-refractivity contribution in [2.75, 3.05) is 0 Å². The normalized spacial score (nSPS) is 17.8. The van der Waals surface area contributed by atoms with E-state index in [0.29, 0.717) is 0 Å². The maximum absolute atomic E-state index is 12.1. The molecule has 18 heavy (non-hydrogen) atoms. The topological polar surface area (TPSA) is 17.1 Å². The number of carbonyl (C=O) groups is 1. The minimum atomic E-state index is 0.0752. The molecule has 0 bridgehead atoms. The van der Waals surface area contributed by atoms with Crippen molar-refractivity contribution >= 4 is 27.3 Å². The van der Waals surface area contributed by atoms with E-state index in [-0.39, 0.29) is 5.78 Å². The zero-order chi connectivity index (χ0) is 12.7. The molecule has 1 aromatic carbocycles. The fourth-order valence-electron chi connectivity index (χ4n) is 2.35. The number of allylic oxidation sites excluding steroid dienone is 8. The van der Waals surface area contributed by atoms with Gasteiger partial charge in [-0.05, 0) is 47.4 Å². The molecule has 88 valence electrons. The fourth-order valence-corrected chi connectivity index (χ4v) is 2.75. The Hall–Kier alpha value is -1.67. The number of rotatable bonds is 1. The summed E-state index contributed by atoms with van der Waals surface area (Å²) >= 11 is 3.45. The van der Waals surface area contributed by atoms with Crippen molar-refractivity contribution in [1.82, 2.24) is 0 Å². The number of hydrogen-bond donors (Lipinski definition) is 0. The summed E-state index contributed by atoms with van der Waals surface area (Å²) in [5.41, 5.74) is 5.11. The molecule has 0 heterocycles. The van der Waals surface area contributed by atoms with Gasteiger partial charge in [-0.25, -0.2) is 0 Å². The molecule has 2 heteroatoms. The van der Waals surface area contributed by atoms with Crippen molar-refractivity contribution < 1.29 is 4.79 Å². The molecule has 0 saturated carbocycles. The van der Waals surface area contributed by atoms with Crippen molar-refractivity contribution in [3.05, 3.63) is 75.3 Å². The number of fused-ring (bicyclic) bond motifs is 1. The maximum Gasteiger partial charge on any atom is 0.187 e. The van der Waals surface area contributed by atoms with Crippen LogP contribution in [0.15, 0.2) is 69.8 Å². The van der Waals surface area contributed by atoms with E-state index in [1.807, 2.05) is 30.3 Å². The molecule has 1 aromatic rings. The van der Waals surface area contributed by atoms with Gasteiger partial charge in [-0.3, -0.25) is 4.79 Å². The highest BCUT2D eigenvalue weighted by atomic mass is 79.9. The first-order chi connectivity index (χ1) is 8.65. The summed E-state index contributed by atoms with van der Waals surface area (Å²) in [6, 6.07) is 7.87. The second-order valence-corrected chi connectivity index (χ2v) is 5.40. The van der Waals surface area contributed by atoms with Crippen LogP contribution in [0.3, 0.4) is 0 Å². The van der Waals surface area contributed by atoms with Crippen molar-refractivity contribution in [3.63, 3.8) is 0 Å². The van der Waals surface area contributed by atoms with Gasteiger partial charge in [-0.1, -0.05) is 46.3 Å². The second-order valence-electron chi connectivity index (χ2n) is 4.48. The average molecular weight is 299 g/mol. The Morgan fingerprint density at radius 2 is 1.94 bits per heavy atom. The van der Waals surface area contributed by atoms with E-state index in [1.165, 1.54) is 5.57 Å². The SMILES string of the molecule is CC1=CC2=C(c3cccc(Br)c3)C(=O)C=CC2=C1. The van der Waals surface area contributed by atoms with Gasteiger partial charge in [0.1, 0.15) is 0 Å². The molecule has 0 fully saturated rings. The minimum absolute atomic E-state index is 0.0752. The van der Waals surface area contributed by atoms with Gasteiger partial charge >= 0.3 is 0 Å². The lowest BCUT2D eigenvalue weighted by Crippen LogP contribution is -2.06. The first-order valence-electron chi connectivity index (χ1n) is 5.78. The summed E-state index contributed by atoms with van der Waals surface area (Å²) in [5, 5.41) is 0. The number of benzene rings is 1. The van der Waals surface area contributed by atoms with Gasteiger partial charge in [0, 0.05) is 10.0 Å². The zero-order valence-electron chi connectivity index (χ0n) is 9.91. The molecule has 0 spiro atoms. The van der Waals surface area contributed by atoms with E-state index >= 15 is 0 Å². The van der Waals surface area contributed by atoms with E-state index in [0.717, 1.165) is 26.8 Å². The third-order valence-electron chi connectivity index (χ3n) is 3.11. The van der Waals surface area contributed by atoms with Gasteiger partial charge in [0.15, 0.2) is 5.78 Å². The number of carbonyl (C=O) groups excluding carboxylic acids is 1. The molecule has 0 amide bonds. The Balaban J connectivity index is 2.23. The Bertz CT molecular complexity index is 672. The van der Waals surface area contributed by atoms with Crippen molar-refractivity contribution in [3.8, 4) is 0 Å². The third kappa shape index (κ3) is 1.83. The Morgan fingerprint density at radius 1 is 1.11 bits per heavy atom. The van der Waals surface area contributed by atoms with Crippen LogP contribution in [0.5, 0.6) is 0 Å². The molecule has 0 atom stereocenters. The largest absolute Gasteiger partial charge is 0.289 e. The third-order valence-corrected chi connectivity index (χ3v) is 3.60. The van der Waals surface area contributed by atoms with E-state index in [1.54, 1.807) is 6.08 Å². The highest BCUT2D eigenvalue weighted by molar-refractivity contribution is 9.10. The van der Waals surface area contributed by atoms with Crippen LogP contribution in [-0.2, 0) is 4.79 Å². The lowest BCUT2D eigenvalue weighted by molar-refractivity contribution is -0.109. The average Bonchev–Trinajstić information content (AvgIpc) is 2.69. The molecule has 2 aliphatic rings. The van der Waals surface area contributed by atoms with Gasteiger partial charge in [0.05, 0.1) is 0 Å². The molecular weight excluding hydrogens is 288 g/mol. The summed E-state index contributed by atoms with van der Waals surface area (Å²) in [6.07, 6.45) is 7.73. The minimum Gasteiger partial charge on any atom is -0.289 e. The fraction of sp³-hybridized carbons (Fsp3) is 0.0625. The van der Waals surface area contributed by atoms with Crippen LogP contribution in [0, 0.1) is 0 Å². The number of hydrogen-bond acceptors (Lipinski definition) is 1. The molecule has 0 saturated heterocycles. The molecular formula is C16H11BrO. The maximum atomic E-state index is 12.1. The van der Waals surface area contributed by atoms with Gasteiger partial charge in [0.2, 0.25) is 0 Å². The van der Waals surface area contributed by atoms with Crippen LogP contribution in [0.25, 0.3) is 5.57 Å². The Morgan fingerprint density at radius 3 is 2.72 bits per heavy atom. The lowest BCUT2D eigenvalue weighted by atomic mass is 9.89. The number of ketones is 1. The standard InChI is InChI=1S/C16H11BrO/c1-10-7-11-5-6-15(18)16(14(11)8-10)12-3-2-4-13(17)9-12/h2-9H,1H3. The Labute approximate surface area is 114 Å². The van der Waals surface area contributed by atoms with Crippen LogP contribution in [0.1, 0.15) is 12.5 Å². The van der Waals surface area contributed by atoms with Crippen LogP contribution in [0.4, 0.5) is 0 Å². The second kappa shape index (κ2) is 4.21. The monoisotopic (exact) mass is 298 g/mol. The van der Waals surface area contributed by atoms with E-state index in [9.17, 15) is 4.79 Å². The first kappa shape index (κ1) is 11.4. The summed E-state index contributed by atoms with van der Waals surface area (Å²) in [6.45, 7) is 2.05. The molecule has 3 rings (SSSR count).